The lowest BCUT2D eigenvalue weighted by atomic mass is 9.87. The number of benzene rings is 1. The lowest BCUT2D eigenvalue weighted by molar-refractivity contribution is -0.127. The molecule has 0 aliphatic carbocycles. The van der Waals surface area contributed by atoms with E-state index in [0.717, 1.165) is 30.2 Å². The molecule has 0 aromatic heterocycles. The van der Waals surface area contributed by atoms with Gasteiger partial charge in [0.15, 0.2) is 11.5 Å². The summed E-state index contributed by atoms with van der Waals surface area (Å²) in [7, 11) is 0. The summed E-state index contributed by atoms with van der Waals surface area (Å²) in [6.07, 6.45) is 0. The maximum absolute atomic E-state index is 12.7. The molecule has 1 fully saturated rings. The fraction of sp³-hybridized carbons (Fsp3) is 0.650. The molecule has 1 aliphatic heterocycles. The molecule has 148 valence electrons. The first-order chi connectivity index (χ1) is 12.0. The Morgan fingerprint density at radius 3 is 2.27 bits per heavy atom. The monoisotopic (exact) mass is 384 g/mol. The Bertz CT molecular complexity index is 576. The Morgan fingerprint density at radius 2 is 1.77 bits per heavy atom. The highest BCUT2D eigenvalue weighted by Crippen LogP contribution is 2.33. The standard InChI is InChI=1S/C20H32N2O3.ClH/c1-6-24-17-9-8-15(10-18(17)25-7-2)19(13(3)4)22-20(23)14(5)16-11-21-12-16;/h8-10,13-14,16,19,21H,6-7,11-12H2,1-5H3,(H,22,23);1H. The second kappa shape index (κ2) is 10.6. The normalized spacial score (nSPS) is 16.2. The summed E-state index contributed by atoms with van der Waals surface area (Å²) in [4.78, 5) is 12.7. The zero-order valence-electron chi connectivity index (χ0n) is 16.5. The summed E-state index contributed by atoms with van der Waals surface area (Å²) in [5, 5.41) is 6.47. The SMILES string of the molecule is CCOc1ccc(C(NC(=O)C(C)C2CNC2)C(C)C)cc1OCC.Cl. The minimum Gasteiger partial charge on any atom is -0.490 e. The smallest absolute Gasteiger partial charge is 0.223 e. The van der Waals surface area contributed by atoms with E-state index in [1.807, 2.05) is 39.0 Å². The summed E-state index contributed by atoms with van der Waals surface area (Å²) in [6, 6.07) is 5.91. The van der Waals surface area contributed by atoms with Crippen LogP contribution in [0.15, 0.2) is 18.2 Å². The molecule has 2 N–H and O–H groups in total. The summed E-state index contributed by atoms with van der Waals surface area (Å²) in [5.74, 6) is 2.35. The molecule has 2 rings (SSSR count). The molecule has 26 heavy (non-hydrogen) atoms. The molecule has 0 saturated carbocycles. The number of halogens is 1. The number of hydrogen-bond donors (Lipinski definition) is 2. The van der Waals surface area contributed by atoms with Crippen LogP contribution in [-0.4, -0.2) is 32.2 Å². The lowest BCUT2D eigenvalue weighted by Crippen LogP contribution is -2.50. The Morgan fingerprint density at radius 1 is 1.15 bits per heavy atom. The second-order valence-electron chi connectivity index (χ2n) is 7.01. The van der Waals surface area contributed by atoms with Crippen molar-refractivity contribution in [3.05, 3.63) is 23.8 Å². The summed E-state index contributed by atoms with van der Waals surface area (Å²) in [6.45, 7) is 13.2. The van der Waals surface area contributed by atoms with Crippen LogP contribution in [0.3, 0.4) is 0 Å². The van der Waals surface area contributed by atoms with E-state index in [1.54, 1.807) is 0 Å². The molecular weight excluding hydrogens is 352 g/mol. The molecule has 1 saturated heterocycles. The summed E-state index contributed by atoms with van der Waals surface area (Å²) in [5.41, 5.74) is 1.05. The molecular formula is C20H33ClN2O3. The van der Waals surface area contributed by atoms with Crippen molar-refractivity contribution in [1.29, 1.82) is 0 Å². The average molecular weight is 385 g/mol. The van der Waals surface area contributed by atoms with Crippen molar-refractivity contribution in [2.45, 2.75) is 40.7 Å². The van der Waals surface area contributed by atoms with E-state index < -0.39 is 0 Å². The average Bonchev–Trinajstić information content (AvgIpc) is 2.52. The highest BCUT2D eigenvalue weighted by atomic mass is 35.5. The van der Waals surface area contributed by atoms with Crippen LogP contribution in [0, 0.1) is 17.8 Å². The molecule has 5 nitrogen and oxygen atoms in total. The van der Waals surface area contributed by atoms with Gasteiger partial charge in [-0.3, -0.25) is 4.79 Å². The fourth-order valence-electron chi connectivity index (χ4n) is 3.06. The van der Waals surface area contributed by atoms with Crippen molar-refractivity contribution in [1.82, 2.24) is 10.6 Å². The van der Waals surface area contributed by atoms with Crippen molar-refractivity contribution in [2.75, 3.05) is 26.3 Å². The number of rotatable bonds is 9. The molecule has 1 aromatic rings. The van der Waals surface area contributed by atoms with Crippen molar-refractivity contribution >= 4 is 18.3 Å². The van der Waals surface area contributed by atoms with Crippen molar-refractivity contribution in [2.24, 2.45) is 17.8 Å². The number of ether oxygens (including phenoxy) is 2. The van der Waals surface area contributed by atoms with Gasteiger partial charge in [0, 0.05) is 5.92 Å². The Labute approximate surface area is 163 Å². The van der Waals surface area contributed by atoms with Gasteiger partial charge in [-0.1, -0.05) is 26.8 Å². The maximum Gasteiger partial charge on any atom is 0.223 e. The van der Waals surface area contributed by atoms with Gasteiger partial charge in [0.1, 0.15) is 0 Å². The first-order valence-electron chi connectivity index (χ1n) is 9.38. The van der Waals surface area contributed by atoms with Gasteiger partial charge in [-0.05, 0) is 56.5 Å². The minimum absolute atomic E-state index is 0. The largest absolute Gasteiger partial charge is 0.490 e. The van der Waals surface area contributed by atoms with Crippen LogP contribution in [0.1, 0.15) is 46.2 Å². The first-order valence-corrected chi connectivity index (χ1v) is 9.38. The highest BCUT2D eigenvalue weighted by molar-refractivity contribution is 5.85. The van der Waals surface area contributed by atoms with Crippen molar-refractivity contribution in [3.8, 4) is 11.5 Å². The molecule has 0 bridgehead atoms. The van der Waals surface area contributed by atoms with E-state index in [-0.39, 0.29) is 36.2 Å². The van der Waals surface area contributed by atoms with Gasteiger partial charge in [0.25, 0.3) is 0 Å². The van der Waals surface area contributed by atoms with Crippen molar-refractivity contribution < 1.29 is 14.3 Å². The Balaban J connectivity index is 0.00000338. The zero-order valence-corrected chi connectivity index (χ0v) is 17.3. The van der Waals surface area contributed by atoms with Gasteiger partial charge in [-0.2, -0.15) is 0 Å². The lowest BCUT2D eigenvalue weighted by Gasteiger charge is -2.33. The highest BCUT2D eigenvalue weighted by Gasteiger charge is 2.30. The molecule has 6 heteroatoms. The third kappa shape index (κ3) is 5.52. The molecule has 1 aromatic carbocycles. The molecule has 1 aliphatic rings. The van der Waals surface area contributed by atoms with E-state index in [1.165, 1.54) is 0 Å². The summed E-state index contributed by atoms with van der Waals surface area (Å²) >= 11 is 0. The van der Waals surface area contributed by atoms with Crippen LogP contribution >= 0.6 is 12.4 Å². The van der Waals surface area contributed by atoms with Crippen LogP contribution in [0.4, 0.5) is 0 Å². The Hall–Kier alpha value is -1.46. The van der Waals surface area contributed by atoms with E-state index in [2.05, 4.69) is 24.5 Å². The number of carbonyl (C=O) groups is 1. The topological polar surface area (TPSA) is 59.6 Å². The Kier molecular flexibility index (Phi) is 9.23. The molecule has 0 radical (unpaired) electrons. The van der Waals surface area contributed by atoms with Gasteiger partial charge >= 0.3 is 0 Å². The zero-order chi connectivity index (χ0) is 18.4. The molecule has 1 amide bonds. The number of carbonyl (C=O) groups excluding carboxylic acids is 1. The fourth-order valence-corrected chi connectivity index (χ4v) is 3.06. The third-order valence-electron chi connectivity index (χ3n) is 4.82. The van der Waals surface area contributed by atoms with Gasteiger partial charge in [-0.15, -0.1) is 12.4 Å². The van der Waals surface area contributed by atoms with E-state index >= 15 is 0 Å². The number of hydrogen-bond acceptors (Lipinski definition) is 4. The first kappa shape index (κ1) is 22.6. The molecule has 0 spiro atoms. The van der Waals surface area contributed by atoms with Gasteiger partial charge in [0.2, 0.25) is 5.91 Å². The number of amides is 1. The van der Waals surface area contributed by atoms with E-state index in [4.69, 9.17) is 9.47 Å². The summed E-state index contributed by atoms with van der Waals surface area (Å²) < 4.78 is 11.4. The van der Waals surface area contributed by atoms with Crippen LogP contribution < -0.4 is 20.1 Å². The third-order valence-corrected chi connectivity index (χ3v) is 4.82. The quantitative estimate of drug-likeness (QED) is 0.683. The predicted molar refractivity (Wildman–Crippen MR) is 107 cm³/mol. The maximum atomic E-state index is 12.7. The predicted octanol–water partition coefficient (Wildman–Crippen LogP) is 3.57. The van der Waals surface area contributed by atoms with Crippen molar-refractivity contribution in [3.63, 3.8) is 0 Å². The molecule has 1 heterocycles. The van der Waals surface area contributed by atoms with Gasteiger partial charge in [0.05, 0.1) is 19.3 Å². The second-order valence-corrected chi connectivity index (χ2v) is 7.01. The van der Waals surface area contributed by atoms with Crippen LogP contribution in [0.25, 0.3) is 0 Å². The van der Waals surface area contributed by atoms with E-state index in [0.29, 0.717) is 19.1 Å². The minimum atomic E-state index is -0.0436. The van der Waals surface area contributed by atoms with Crippen LogP contribution in [0.2, 0.25) is 0 Å². The van der Waals surface area contributed by atoms with Gasteiger partial charge in [-0.25, -0.2) is 0 Å². The van der Waals surface area contributed by atoms with Gasteiger partial charge < -0.3 is 20.1 Å². The van der Waals surface area contributed by atoms with Crippen LogP contribution in [0.5, 0.6) is 11.5 Å². The van der Waals surface area contributed by atoms with E-state index in [9.17, 15) is 4.79 Å². The molecule has 2 unspecified atom stereocenters. The molecule has 2 atom stereocenters. The van der Waals surface area contributed by atoms with Crippen LogP contribution in [-0.2, 0) is 4.79 Å². The number of nitrogens with one attached hydrogen (secondary N) is 2.